The number of H-pyrrole nitrogens is 1. The van der Waals surface area contributed by atoms with E-state index in [9.17, 15) is 9.59 Å². The van der Waals surface area contributed by atoms with E-state index in [0.29, 0.717) is 13.0 Å². The van der Waals surface area contributed by atoms with E-state index in [1.165, 1.54) is 6.42 Å². The molecule has 0 aliphatic heterocycles. The number of fused-ring (bicyclic) bond motifs is 1. The lowest BCUT2D eigenvalue weighted by atomic mass is 9.93. The number of amides is 2. The SMILES string of the molecule is Cl.NCCC(=O)N(CCc1c[nH]c2ccccc12)CC(=O)N(c1cccc(Br)c1)C1CCCCC1. The number of nitrogens with one attached hydrogen (secondary N) is 1. The van der Waals surface area contributed by atoms with E-state index >= 15 is 0 Å². The van der Waals surface area contributed by atoms with Crippen LogP contribution in [0.3, 0.4) is 0 Å². The monoisotopic (exact) mass is 560 g/mol. The Balaban J connectivity index is 0.00000342. The molecule has 35 heavy (non-hydrogen) atoms. The summed E-state index contributed by atoms with van der Waals surface area (Å²) in [7, 11) is 0. The third-order valence-corrected chi connectivity index (χ3v) is 7.15. The number of carbonyl (C=O) groups is 2. The van der Waals surface area contributed by atoms with Crippen LogP contribution in [0, 0.1) is 0 Å². The fourth-order valence-electron chi connectivity index (χ4n) is 4.93. The van der Waals surface area contributed by atoms with Crippen LogP contribution >= 0.6 is 28.3 Å². The first kappa shape index (κ1) is 27.2. The number of aromatic amines is 1. The van der Waals surface area contributed by atoms with Crippen LogP contribution in [-0.2, 0) is 16.0 Å². The standard InChI is InChI=1S/C27H33BrN4O2.ClH/c28-21-7-6-10-23(17-21)32(22-8-2-1-3-9-22)27(34)19-31(26(33)13-15-29)16-14-20-18-30-25-12-5-4-11-24(20)25;/h4-7,10-12,17-18,22,30H,1-3,8-9,13-16,19,29H2;1H. The van der Waals surface area contributed by atoms with Crippen LogP contribution in [0.1, 0.15) is 44.1 Å². The minimum absolute atomic E-state index is 0. The van der Waals surface area contributed by atoms with Gasteiger partial charge in [0.25, 0.3) is 0 Å². The fraction of sp³-hybridized carbons (Fsp3) is 0.407. The lowest BCUT2D eigenvalue weighted by Gasteiger charge is -2.36. The Bertz CT molecular complexity index is 1130. The normalized spacial score (nSPS) is 13.9. The van der Waals surface area contributed by atoms with Crippen molar-refractivity contribution in [2.45, 2.75) is 51.0 Å². The second-order valence-electron chi connectivity index (χ2n) is 9.00. The zero-order chi connectivity index (χ0) is 23.9. The Labute approximate surface area is 221 Å². The van der Waals surface area contributed by atoms with Crippen molar-refractivity contribution in [3.63, 3.8) is 0 Å². The Morgan fingerprint density at radius 2 is 1.80 bits per heavy atom. The van der Waals surface area contributed by atoms with Gasteiger partial charge in [-0.1, -0.05) is 59.5 Å². The van der Waals surface area contributed by atoms with Gasteiger partial charge in [0.1, 0.15) is 6.54 Å². The Morgan fingerprint density at radius 1 is 1.03 bits per heavy atom. The maximum atomic E-state index is 13.7. The van der Waals surface area contributed by atoms with Gasteiger partial charge in [0, 0.05) is 52.8 Å². The third kappa shape index (κ3) is 6.87. The number of nitrogens with two attached hydrogens (primary N) is 1. The molecule has 0 unspecified atom stereocenters. The lowest BCUT2D eigenvalue weighted by molar-refractivity contribution is -0.135. The average Bonchev–Trinajstić information content (AvgIpc) is 3.26. The number of benzene rings is 2. The molecule has 1 fully saturated rings. The fourth-order valence-corrected chi connectivity index (χ4v) is 5.32. The molecule has 2 aromatic carbocycles. The molecule has 1 aliphatic rings. The quantitative estimate of drug-likeness (QED) is 0.365. The zero-order valence-electron chi connectivity index (χ0n) is 19.9. The minimum atomic E-state index is -0.0754. The molecule has 3 N–H and O–H groups in total. The highest BCUT2D eigenvalue weighted by Crippen LogP contribution is 2.29. The van der Waals surface area contributed by atoms with Crippen molar-refractivity contribution in [1.29, 1.82) is 0 Å². The molecule has 4 rings (SSSR count). The highest BCUT2D eigenvalue weighted by molar-refractivity contribution is 9.10. The number of nitrogens with zero attached hydrogens (tertiary/aromatic N) is 2. The summed E-state index contributed by atoms with van der Waals surface area (Å²) in [4.78, 5) is 33.6. The van der Waals surface area contributed by atoms with Crippen molar-refractivity contribution in [3.05, 3.63) is 64.8 Å². The predicted molar refractivity (Wildman–Crippen MR) is 148 cm³/mol. The maximum absolute atomic E-state index is 13.7. The van der Waals surface area contributed by atoms with Crippen molar-refractivity contribution >= 4 is 56.7 Å². The van der Waals surface area contributed by atoms with Crippen LogP contribution < -0.4 is 10.6 Å². The van der Waals surface area contributed by atoms with E-state index in [1.807, 2.05) is 53.6 Å². The molecule has 0 radical (unpaired) electrons. The number of carbonyl (C=O) groups excluding carboxylic acids is 2. The summed E-state index contributed by atoms with van der Waals surface area (Å²) in [6.07, 6.45) is 8.35. The van der Waals surface area contributed by atoms with E-state index in [-0.39, 0.29) is 49.8 Å². The van der Waals surface area contributed by atoms with E-state index in [0.717, 1.165) is 52.3 Å². The van der Waals surface area contributed by atoms with Crippen molar-refractivity contribution in [3.8, 4) is 0 Å². The summed E-state index contributed by atoms with van der Waals surface area (Å²) in [6.45, 7) is 0.808. The molecule has 1 aromatic heterocycles. The molecular weight excluding hydrogens is 528 g/mol. The first-order valence-electron chi connectivity index (χ1n) is 12.2. The number of hydrogen-bond acceptors (Lipinski definition) is 3. The third-order valence-electron chi connectivity index (χ3n) is 6.66. The van der Waals surface area contributed by atoms with Gasteiger partial charge in [-0.05, 0) is 49.1 Å². The maximum Gasteiger partial charge on any atom is 0.246 e. The highest BCUT2D eigenvalue weighted by Gasteiger charge is 2.29. The van der Waals surface area contributed by atoms with Crippen molar-refractivity contribution in [1.82, 2.24) is 9.88 Å². The van der Waals surface area contributed by atoms with Crippen LogP contribution in [-0.4, -0.2) is 47.4 Å². The van der Waals surface area contributed by atoms with E-state index in [2.05, 4.69) is 27.0 Å². The molecular formula is C27H34BrClN4O2. The van der Waals surface area contributed by atoms with E-state index < -0.39 is 0 Å². The van der Waals surface area contributed by atoms with Crippen molar-refractivity contribution < 1.29 is 9.59 Å². The van der Waals surface area contributed by atoms with Crippen LogP contribution in [0.25, 0.3) is 10.9 Å². The molecule has 3 aromatic rings. The predicted octanol–water partition coefficient (Wildman–Crippen LogP) is 5.44. The van der Waals surface area contributed by atoms with Gasteiger partial charge in [0.15, 0.2) is 0 Å². The molecule has 2 amide bonds. The van der Waals surface area contributed by atoms with Gasteiger partial charge in [-0.15, -0.1) is 12.4 Å². The number of para-hydroxylation sites is 1. The number of halogens is 2. The largest absolute Gasteiger partial charge is 0.361 e. The molecule has 188 valence electrons. The summed E-state index contributed by atoms with van der Waals surface area (Å²) in [6, 6.07) is 16.2. The molecule has 1 heterocycles. The molecule has 0 bridgehead atoms. The second-order valence-corrected chi connectivity index (χ2v) is 9.91. The van der Waals surface area contributed by atoms with E-state index in [1.54, 1.807) is 4.90 Å². The summed E-state index contributed by atoms with van der Waals surface area (Å²) in [5.41, 5.74) is 8.80. The minimum Gasteiger partial charge on any atom is -0.361 e. The van der Waals surface area contributed by atoms with Crippen LogP contribution in [0.4, 0.5) is 5.69 Å². The Kier molecular flexibility index (Phi) is 10.2. The summed E-state index contributed by atoms with van der Waals surface area (Å²) >= 11 is 3.55. The topological polar surface area (TPSA) is 82.4 Å². The Morgan fingerprint density at radius 3 is 2.54 bits per heavy atom. The number of hydrogen-bond donors (Lipinski definition) is 2. The molecule has 1 saturated carbocycles. The number of aromatic nitrogens is 1. The van der Waals surface area contributed by atoms with Gasteiger partial charge < -0.3 is 20.5 Å². The van der Waals surface area contributed by atoms with E-state index in [4.69, 9.17) is 5.73 Å². The van der Waals surface area contributed by atoms with Crippen LogP contribution in [0.2, 0.25) is 0 Å². The number of anilines is 1. The molecule has 6 nitrogen and oxygen atoms in total. The zero-order valence-corrected chi connectivity index (χ0v) is 22.3. The molecule has 8 heteroatoms. The van der Waals surface area contributed by atoms with Crippen molar-refractivity contribution in [2.75, 3.05) is 24.5 Å². The smallest absolute Gasteiger partial charge is 0.246 e. The van der Waals surface area contributed by atoms with Gasteiger partial charge in [-0.2, -0.15) is 0 Å². The summed E-state index contributed by atoms with van der Waals surface area (Å²) in [5.74, 6) is -0.108. The van der Waals surface area contributed by atoms with Gasteiger partial charge in [-0.25, -0.2) is 0 Å². The first-order valence-corrected chi connectivity index (χ1v) is 13.0. The molecule has 0 saturated heterocycles. The number of rotatable bonds is 9. The van der Waals surface area contributed by atoms with Gasteiger partial charge in [0.05, 0.1) is 0 Å². The molecule has 1 aliphatic carbocycles. The van der Waals surface area contributed by atoms with Gasteiger partial charge >= 0.3 is 0 Å². The van der Waals surface area contributed by atoms with Crippen LogP contribution in [0.5, 0.6) is 0 Å². The second kappa shape index (κ2) is 13.1. The summed E-state index contributed by atoms with van der Waals surface area (Å²) in [5, 5.41) is 1.15. The summed E-state index contributed by atoms with van der Waals surface area (Å²) < 4.78 is 0.939. The average molecular weight is 562 g/mol. The van der Waals surface area contributed by atoms with Gasteiger partial charge in [-0.3, -0.25) is 9.59 Å². The van der Waals surface area contributed by atoms with Crippen LogP contribution in [0.15, 0.2) is 59.2 Å². The highest BCUT2D eigenvalue weighted by atomic mass is 79.9. The van der Waals surface area contributed by atoms with Crippen molar-refractivity contribution in [2.24, 2.45) is 5.73 Å². The molecule has 0 spiro atoms. The molecule has 0 atom stereocenters. The first-order chi connectivity index (χ1) is 16.6. The Hall–Kier alpha value is -2.35. The van der Waals surface area contributed by atoms with Gasteiger partial charge in [0.2, 0.25) is 11.8 Å². The lowest BCUT2D eigenvalue weighted by Crippen LogP contribution is -2.48.